The monoisotopic (exact) mass is 251 g/mol. The molecule has 0 atom stereocenters. The Kier molecular flexibility index (Phi) is 4.42. The van der Waals surface area contributed by atoms with E-state index in [9.17, 15) is 14.9 Å². The third-order valence-corrected chi connectivity index (χ3v) is 2.05. The molecule has 0 saturated carbocycles. The van der Waals surface area contributed by atoms with Crippen LogP contribution in [-0.4, -0.2) is 22.6 Å². The number of hydrogen-bond acceptors (Lipinski definition) is 4. The fourth-order valence-electron chi connectivity index (χ4n) is 1.31. The summed E-state index contributed by atoms with van der Waals surface area (Å²) in [6, 6.07) is 4.11. The largest absolute Gasteiger partial charge is 0.482 e. The number of carboxylic acids is 1. The molecule has 0 bridgehead atoms. The first-order valence-corrected chi connectivity index (χ1v) is 5.16. The third-order valence-electron chi connectivity index (χ3n) is 2.05. The van der Waals surface area contributed by atoms with E-state index in [-0.39, 0.29) is 24.5 Å². The lowest BCUT2D eigenvalue weighted by Gasteiger charge is -2.07. The van der Waals surface area contributed by atoms with Crippen molar-refractivity contribution in [3.05, 3.63) is 46.0 Å². The van der Waals surface area contributed by atoms with Crippen molar-refractivity contribution in [3.8, 4) is 5.75 Å². The molecule has 18 heavy (non-hydrogen) atoms. The summed E-state index contributed by atoms with van der Waals surface area (Å²) in [6.45, 7) is 5.55. The minimum absolute atomic E-state index is 0.108. The van der Waals surface area contributed by atoms with Crippen molar-refractivity contribution >= 4 is 11.7 Å². The molecule has 0 heterocycles. The van der Waals surface area contributed by atoms with E-state index < -0.39 is 10.9 Å². The first kappa shape index (κ1) is 13.7. The summed E-state index contributed by atoms with van der Waals surface area (Å²) in [5, 5.41) is 19.5. The lowest BCUT2D eigenvalue weighted by molar-refractivity contribution is -0.385. The first-order valence-electron chi connectivity index (χ1n) is 5.16. The molecule has 0 fully saturated rings. The van der Waals surface area contributed by atoms with E-state index in [1.54, 1.807) is 6.92 Å². The predicted molar refractivity (Wildman–Crippen MR) is 64.7 cm³/mol. The van der Waals surface area contributed by atoms with Crippen LogP contribution in [0.5, 0.6) is 5.75 Å². The SMILES string of the molecule is C=C(C)COc1ccc(CC(=O)O)cc1[N+](=O)[O-]. The summed E-state index contributed by atoms with van der Waals surface area (Å²) in [5.41, 5.74) is 0.853. The zero-order chi connectivity index (χ0) is 13.7. The molecule has 0 spiro atoms. The van der Waals surface area contributed by atoms with Crippen molar-refractivity contribution in [2.75, 3.05) is 6.61 Å². The fourth-order valence-corrected chi connectivity index (χ4v) is 1.31. The van der Waals surface area contributed by atoms with Gasteiger partial charge in [0.25, 0.3) is 0 Å². The molecule has 0 aliphatic carbocycles. The van der Waals surface area contributed by atoms with Gasteiger partial charge in [-0.25, -0.2) is 0 Å². The minimum atomic E-state index is -1.04. The summed E-state index contributed by atoms with van der Waals surface area (Å²) in [4.78, 5) is 20.8. The summed E-state index contributed by atoms with van der Waals surface area (Å²) < 4.78 is 5.23. The second-order valence-corrected chi connectivity index (χ2v) is 3.88. The van der Waals surface area contributed by atoms with Crippen LogP contribution in [0.15, 0.2) is 30.4 Å². The van der Waals surface area contributed by atoms with Crippen LogP contribution in [-0.2, 0) is 11.2 Å². The number of nitro benzene ring substituents is 1. The van der Waals surface area contributed by atoms with Gasteiger partial charge in [0, 0.05) is 6.07 Å². The Labute approximate surface area is 104 Å². The lowest BCUT2D eigenvalue weighted by Crippen LogP contribution is -2.04. The highest BCUT2D eigenvalue weighted by Crippen LogP contribution is 2.28. The average molecular weight is 251 g/mol. The van der Waals surface area contributed by atoms with Crippen LogP contribution in [0.4, 0.5) is 5.69 Å². The number of carboxylic acid groups (broad SMARTS) is 1. The van der Waals surface area contributed by atoms with Crippen molar-refractivity contribution in [1.82, 2.24) is 0 Å². The molecular formula is C12H13NO5. The van der Waals surface area contributed by atoms with Crippen molar-refractivity contribution < 1.29 is 19.6 Å². The number of hydrogen-bond donors (Lipinski definition) is 1. The van der Waals surface area contributed by atoms with Gasteiger partial charge in [0.05, 0.1) is 11.3 Å². The van der Waals surface area contributed by atoms with E-state index in [4.69, 9.17) is 9.84 Å². The van der Waals surface area contributed by atoms with Crippen molar-refractivity contribution in [2.45, 2.75) is 13.3 Å². The number of ether oxygens (including phenoxy) is 1. The molecule has 0 unspecified atom stereocenters. The van der Waals surface area contributed by atoms with E-state index in [1.807, 2.05) is 0 Å². The van der Waals surface area contributed by atoms with Crippen LogP contribution in [0, 0.1) is 10.1 Å². The van der Waals surface area contributed by atoms with Crippen molar-refractivity contribution in [2.24, 2.45) is 0 Å². The van der Waals surface area contributed by atoms with Crippen molar-refractivity contribution in [3.63, 3.8) is 0 Å². The van der Waals surface area contributed by atoms with Crippen LogP contribution in [0.2, 0.25) is 0 Å². The Hall–Kier alpha value is -2.37. The normalized spacial score (nSPS) is 9.83. The smallest absolute Gasteiger partial charge is 0.311 e. The van der Waals surface area contributed by atoms with Gasteiger partial charge in [-0.3, -0.25) is 14.9 Å². The van der Waals surface area contributed by atoms with Gasteiger partial charge in [0.1, 0.15) is 6.61 Å². The summed E-state index contributed by atoms with van der Waals surface area (Å²) >= 11 is 0. The quantitative estimate of drug-likeness (QED) is 0.475. The van der Waals surface area contributed by atoms with E-state index in [0.717, 1.165) is 5.57 Å². The maximum absolute atomic E-state index is 10.9. The van der Waals surface area contributed by atoms with Crippen molar-refractivity contribution in [1.29, 1.82) is 0 Å². The molecule has 0 radical (unpaired) electrons. The van der Waals surface area contributed by atoms with E-state index >= 15 is 0 Å². The van der Waals surface area contributed by atoms with Gasteiger partial charge in [0.15, 0.2) is 5.75 Å². The Morgan fingerprint density at radius 1 is 1.56 bits per heavy atom. The Morgan fingerprint density at radius 3 is 2.72 bits per heavy atom. The van der Waals surface area contributed by atoms with E-state index in [0.29, 0.717) is 5.56 Å². The zero-order valence-corrected chi connectivity index (χ0v) is 9.88. The summed E-state index contributed by atoms with van der Waals surface area (Å²) in [7, 11) is 0. The summed E-state index contributed by atoms with van der Waals surface area (Å²) in [6.07, 6.45) is -0.262. The first-order chi connectivity index (χ1) is 8.40. The van der Waals surface area contributed by atoms with Crippen LogP contribution in [0.1, 0.15) is 12.5 Å². The molecule has 0 saturated heterocycles. The highest BCUT2D eigenvalue weighted by atomic mass is 16.6. The second-order valence-electron chi connectivity index (χ2n) is 3.88. The number of nitro groups is 1. The molecule has 1 aromatic carbocycles. The number of nitrogens with zero attached hydrogens (tertiary/aromatic N) is 1. The van der Waals surface area contributed by atoms with Gasteiger partial charge < -0.3 is 9.84 Å². The molecule has 0 amide bonds. The Morgan fingerprint density at radius 2 is 2.22 bits per heavy atom. The molecule has 6 heteroatoms. The van der Waals surface area contributed by atoms with Gasteiger partial charge in [0.2, 0.25) is 0 Å². The Bertz CT molecular complexity index is 495. The maximum Gasteiger partial charge on any atom is 0.311 e. The molecule has 0 aromatic heterocycles. The van der Waals surface area contributed by atoms with Gasteiger partial charge in [-0.2, -0.15) is 0 Å². The topological polar surface area (TPSA) is 89.7 Å². The lowest BCUT2D eigenvalue weighted by atomic mass is 10.1. The highest BCUT2D eigenvalue weighted by Gasteiger charge is 2.16. The molecule has 0 aliphatic rings. The van der Waals surface area contributed by atoms with Crippen LogP contribution >= 0.6 is 0 Å². The third kappa shape index (κ3) is 3.89. The number of carbonyl (C=O) groups is 1. The molecule has 1 N–H and O–H groups in total. The van der Waals surface area contributed by atoms with Crippen LogP contribution in [0.3, 0.4) is 0 Å². The molecule has 96 valence electrons. The molecular weight excluding hydrogens is 238 g/mol. The second kappa shape index (κ2) is 5.81. The highest BCUT2D eigenvalue weighted by molar-refractivity contribution is 5.71. The van der Waals surface area contributed by atoms with Gasteiger partial charge in [-0.15, -0.1) is 0 Å². The van der Waals surface area contributed by atoms with Gasteiger partial charge in [-0.1, -0.05) is 12.6 Å². The van der Waals surface area contributed by atoms with E-state index in [1.165, 1.54) is 18.2 Å². The fraction of sp³-hybridized carbons (Fsp3) is 0.250. The molecule has 1 aromatic rings. The number of rotatable bonds is 6. The average Bonchev–Trinajstić information content (AvgIpc) is 2.26. The molecule has 1 rings (SSSR count). The standard InChI is InChI=1S/C12H13NO5/c1-8(2)7-18-11-4-3-9(6-12(14)15)5-10(11)13(16)17/h3-5H,1,6-7H2,2H3,(H,14,15). The van der Waals surface area contributed by atoms with Crippen LogP contribution < -0.4 is 4.74 Å². The minimum Gasteiger partial charge on any atom is -0.482 e. The van der Waals surface area contributed by atoms with E-state index in [2.05, 4.69) is 6.58 Å². The predicted octanol–water partition coefficient (Wildman–Crippen LogP) is 2.18. The maximum atomic E-state index is 10.9. The molecule has 0 aliphatic heterocycles. The number of benzene rings is 1. The Balaban J connectivity index is 3.00. The van der Waals surface area contributed by atoms with Gasteiger partial charge >= 0.3 is 11.7 Å². The number of aliphatic carboxylic acids is 1. The zero-order valence-electron chi connectivity index (χ0n) is 9.88. The summed E-state index contributed by atoms with van der Waals surface area (Å²) in [5.74, 6) is -0.933. The molecule has 6 nitrogen and oxygen atoms in total. The van der Waals surface area contributed by atoms with Crippen LogP contribution in [0.25, 0.3) is 0 Å². The van der Waals surface area contributed by atoms with Gasteiger partial charge in [-0.05, 0) is 24.1 Å².